The van der Waals surface area contributed by atoms with Crippen molar-refractivity contribution >= 4 is 11.3 Å². The molecule has 0 aliphatic rings. The molecule has 0 spiro atoms. The second-order valence-electron chi connectivity index (χ2n) is 4.86. The van der Waals surface area contributed by atoms with E-state index in [1.807, 2.05) is 32.9 Å². The van der Waals surface area contributed by atoms with Gasteiger partial charge in [-0.05, 0) is 56.9 Å². The van der Waals surface area contributed by atoms with E-state index in [1.165, 1.54) is 0 Å². The third kappa shape index (κ3) is 3.58. The summed E-state index contributed by atoms with van der Waals surface area (Å²) in [6.45, 7) is 6.65. The molecule has 1 aromatic heterocycles. The molecule has 1 heterocycles. The summed E-state index contributed by atoms with van der Waals surface area (Å²) in [5, 5.41) is 12.1. The van der Waals surface area contributed by atoms with Crippen LogP contribution in [-0.2, 0) is 6.42 Å². The number of aryl methyl sites for hydroxylation is 4. The molecular formula is C16H18N2OS. The Morgan fingerprint density at radius 2 is 1.95 bits per heavy atom. The first-order chi connectivity index (χ1) is 9.60. The highest BCUT2D eigenvalue weighted by atomic mass is 32.1. The lowest BCUT2D eigenvalue weighted by atomic mass is 10.1. The van der Waals surface area contributed by atoms with Gasteiger partial charge >= 0.3 is 0 Å². The number of rotatable bonds is 5. The van der Waals surface area contributed by atoms with Crippen LogP contribution in [0.5, 0.6) is 5.75 Å². The standard InChI is InChI=1S/C16H18N2OS/c1-11-7-14(9-17)8-12(2)16(11)19-6-4-5-15-10-20-13(3)18-15/h7-8,10H,4-6H2,1-3H3. The Kier molecular flexibility index (Phi) is 4.75. The summed E-state index contributed by atoms with van der Waals surface area (Å²) in [7, 11) is 0. The molecule has 0 aliphatic heterocycles. The molecule has 0 aliphatic carbocycles. The van der Waals surface area contributed by atoms with Crippen LogP contribution in [0.3, 0.4) is 0 Å². The maximum atomic E-state index is 8.92. The van der Waals surface area contributed by atoms with Crippen LogP contribution in [0, 0.1) is 32.1 Å². The molecule has 0 fully saturated rings. The van der Waals surface area contributed by atoms with Gasteiger partial charge in [0.1, 0.15) is 5.75 Å². The Labute approximate surface area is 123 Å². The first kappa shape index (κ1) is 14.5. The number of aromatic nitrogens is 1. The second kappa shape index (κ2) is 6.53. The van der Waals surface area contributed by atoms with Gasteiger partial charge in [0.25, 0.3) is 0 Å². The predicted octanol–water partition coefficient (Wildman–Crippen LogP) is 3.95. The first-order valence-electron chi connectivity index (χ1n) is 6.65. The number of ether oxygens (including phenoxy) is 1. The normalized spacial score (nSPS) is 10.3. The van der Waals surface area contributed by atoms with E-state index in [1.54, 1.807) is 11.3 Å². The van der Waals surface area contributed by atoms with Crippen LogP contribution >= 0.6 is 11.3 Å². The van der Waals surface area contributed by atoms with Crippen LogP contribution in [-0.4, -0.2) is 11.6 Å². The second-order valence-corrected chi connectivity index (χ2v) is 5.92. The summed E-state index contributed by atoms with van der Waals surface area (Å²) in [6.07, 6.45) is 1.89. The van der Waals surface area contributed by atoms with Crippen LogP contribution in [0.15, 0.2) is 17.5 Å². The molecule has 0 saturated carbocycles. The molecule has 20 heavy (non-hydrogen) atoms. The third-order valence-corrected chi connectivity index (χ3v) is 3.90. The first-order valence-corrected chi connectivity index (χ1v) is 7.53. The Balaban J connectivity index is 1.90. The van der Waals surface area contributed by atoms with Crippen LogP contribution in [0.2, 0.25) is 0 Å². The van der Waals surface area contributed by atoms with Gasteiger partial charge in [-0.15, -0.1) is 11.3 Å². The van der Waals surface area contributed by atoms with Crippen molar-refractivity contribution in [2.45, 2.75) is 33.6 Å². The van der Waals surface area contributed by atoms with Crippen molar-refractivity contribution < 1.29 is 4.74 Å². The summed E-state index contributed by atoms with van der Waals surface area (Å²) in [4.78, 5) is 4.44. The van der Waals surface area contributed by atoms with Crippen LogP contribution in [0.1, 0.15) is 33.8 Å². The third-order valence-electron chi connectivity index (χ3n) is 3.08. The fourth-order valence-corrected chi connectivity index (χ4v) is 2.84. The van der Waals surface area contributed by atoms with E-state index in [9.17, 15) is 0 Å². The molecule has 0 saturated heterocycles. The molecule has 104 valence electrons. The Bertz CT molecular complexity index is 617. The van der Waals surface area contributed by atoms with Gasteiger partial charge < -0.3 is 4.74 Å². The average Bonchev–Trinajstić information content (AvgIpc) is 2.82. The van der Waals surface area contributed by atoms with E-state index in [0.29, 0.717) is 12.2 Å². The van der Waals surface area contributed by atoms with Gasteiger partial charge in [0.05, 0.1) is 28.9 Å². The lowest BCUT2D eigenvalue weighted by Gasteiger charge is -2.12. The molecule has 0 atom stereocenters. The van der Waals surface area contributed by atoms with Gasteiger partial charge in [0, 0.05) is 5.38 Å². The zero-order valence-corrected chi connectivity index (χ0v) is 12.9. The fraction of sp³-hybridized carbons (Fsp3) is 0.375. The lowest BCUT2D eigenvalue weighted by molar-refractivity contribution is 0.306. The molecule has 0 amide bonds. The van der Waals surface area contributed by atoms with E-state index in [0.717, 1.165) is 40.4 Å². The Hall–Kier alpha value is -1.86. The maximum Gasteiger partial charge on any atom is 0.125 e. The summed E-state index contributed by atoms with van der Waals surface area (Å²) in [5.41, 5.74) is 3.87. The predicted molar refractivity (Wildman–Crippen MR) is 81.3 cm³/mol. The van der Waals surface area contributed by atoms with Crippen molar-refractivity contribution in [1.82, 2.24) is 4.98 Å². The van der Waals surface area contributed by atoms with Crippen molar-refractivity contribution in [1.29, 1.82) is 5.26 Å². The van der Waals surface area contributed by atoms with E-state index >= 15 is 0 Å². The molecule has 0 N–H and O–H groups in total. The molecule has 4 heteroatoms. The van der Waals surface area contributed by atoms with Crippen LogP contribution < -0.4 is 4.74 Å². The van der Waals surface area contributed by atoms with Gasteiger partial charge in [0.2, 0.25) is 0 Å². The molecule has 3 nitrogen and oxygen atoms in total. The van der Waals surface area contributed by atoms with Gasteiger partial charge in [-0.3, -0.25) is 0 Å². The van der Waals surface area contributed by atoms with Gasteiger partial charge in [-0.1, -0.05) is 0 Å². The van der Waals surface area contributed by atoms with Crippen molar-refractivity contribution in [2.75, 3.05) is 6.61 Å². The molecule has 0 unspecified atom stereocenters. The number of hydrogen-bond donors (Lipinski definition) is 0. The largest absolute Gasteiger partial charge is 0.493 e. The van der Waals surface area contributed by atoms with Crippen molar-refractivity contribution in [2.24, 2.45) is 0 Å². The molecule has 1 aromatic carbocycles. The average molecular weight is 286 g/mol. The van der Waals surface area contributed by atoms with Gasteiger partial charge in [-0.25, -0.2) is 4.98 Å². The highest BCUT2D eigenvalue weighted by molar-refractivity contribution is 7.09. The van der Waals surface area contributed by atoms with Gasteiger partial charge in [0.15, 0.2) is 0 Å². The van der Waals surface area contributed by atoms with E-state index < -0.39 is 0 Å². The van der Waals surface area contributed by atoms with Crippen molar-refractivity contribution in [3.05, 3.63) is 44.9 Å². The SMILES string of the molecule is Cc1nc(CCCOc2c(C)cc(C#N)cc2C)cs1. The van der Waals surface area contributed by atoms with E-state index in [2.05, 4.69) is 16.4 Å². The highest BCUT2D eigenvalue weighted by Crippen LogP contribution is 2.24. The Morgan fingerprint density at radius 1 is 1.25 bits per heavy atom. The zero-order valence-electron chi connectivity index (χ0n) is 12.1. The molecule has 0 radical (unpaired) electrons. The molecule has 2 rings (SSSR count). The summed E-state index contributed by atoms with van der Waals surface area (Å²) in [6, 6.07) is 5.90. The number of hydrogen-bond acceptors (Lipinski definition) is 4. The summed E-state index contributed by atoms with van der Waals surface area (Å²) in [5.74, 6) is 0.901. The Morgan fingerprint density at radius 3 is 2.50 bits per heavy atom. The van der Waals surface area contributed by atoms with Gasteiger partial charge in [-0.2, -0.15) is 5.26 Å². The van der Waals surface area contributed by atoms with E-state index in [4.69, 9.17) is 10.00 Å². The number of thiazole rings is 1. The van der Waals surface area contributed by atoms with Crippen molar-refractivity contribution in [3.63, 3.8) is 0 Å². The maximum absolute atomic E-state index is 8.92. The minimum atomic E-state index is 0.671. The topological polar surface area (TPSA) is 45.9 Å². The van der Waals surface area contributed by atoms with Crippen molar-refractivity contribution in [3.8, 4) is 11.8 Å². The number of nitrogens with zero attached hydrogens (tertiary/aromatic N) is 2. The monoisotopic (exact) mass is 286 g/mol. The lowest BCUT2D eigenvalue weighted by Crippen LogP contribution is -2.02. The highest BCUT2D eigenvalue weighted by Gasteiger charge is 2.06. The fourth-order valence-electron chi connectivity index (χ4n) is 2.19. The molecular weight excluding hydrogens is 268 g/mol. The van der Waals surface area contributed by atoms with Crippen LogP contribution in [0.25, 0.3) is 0 Å². The molecule has 2 aromatic rings. The smallest absolute Gasteiger partial charge is 0.125 e. The minimum absolute atomic E-state index is 0.671. The number of nitriles is 1. The number of benzene rings is 1. The summed E-state index contributed by atoms with van der Waals surface area (Å²) >= 11 is 1.69. The minimum Gasteiger partial charge on any atom is -0.493 e. The molecule has 0 bridgehead atoms. The van der Waals surface area contributed by atoms with Crippen LogP contribution in [0.4, 0.5) is 0 Å². The summed E-state index contributed by atoms with van der Waals surface area (Å²) < 4.78 is 5.86. The van der Waals surface area contributed by atoms with E-state index in [-0.39, 0.29) is 0 Å². The quantitative estimate of drug-likeness (QED) is 0.782. The zero-order chi connectivity index (χ0) is 14.5.